The molecule has 2 nitrogen and oxygen atoms in total. The van der Waals surface area contributed by atoms with Crippen molar-refractivity contribution in [3.05, 3.63) is 11.1 Å². The van der Waals surface area contributed by atoms with Gasteiger partial charge in [-0.05, 0) is 12.8 Å². The van der Waals surface area contributed by atoms with Crippen molar-refractivity contribution in [2.24, 2.45) is 0 Å². The van der Waals surface area contributed by atoms with E-state index in [0.717, 1.165) is 5.19 Å². The van der Waals surface area contributed by atoms with Crippen LogP contribution >= 0.6 is 11.3 Å². The number of rotatable bonds is 2. The number of methoxy groups -OCH3 is 1. The number of ether oxygens (including phenoxy) is 1. The van der Waals surface area contributed by atoms with Crippen molar-refractivity contribution < 1.29 is 4.74 Å². The fourth-order valence-corrected chi connectivity index (χ4v) is 2.49. The van der Waals surface area contributed by atoms with E-state index in [1.807, 2.05) is 0 Å². The lowest BCUT2D eigenvalue weighted by molar-refractivity contribution is 0.409. The molecule has 1 aliphatic rings. The number of nitrogens with zero attached hydrogens (tertiary/aromatic N) is 1. The van der Waals surface area contributed by atoms with Crippen molar-refractivity contribution in [1.29, 1.82) is 0 Å². The standard InChI is InChI=1S/C9H13NOS/c1-11-9-10-8(6-12-9)7-4-2-3-5-7/h6-7H,2-5H2,1H3. The lowest BCUT2D eigenvalue weighted by Crippen LogP contribution is -1.92. The first-order valence-electron chi connectivity index (χ1n) is 4.39. The van der Waals surface area contributed by atoms with Crippen molar-refractivity contribution in [3.8, 4) is 5.19 Å². The Bertz CT molecular complexity index is 253. The second-order valence-corrected chi connectivity index (χ2v) is 4.04. The Labute approximate surface area is 76.6 Å². The molecule has 66 valence electrons. The van der Waals surface area contributed by atoms with Gasteiger partial charge in [0.25, 0.3) is 5.19 Å². The molecule has 0 aromatic carbocycles. The van der Waals surface area contributed by atoms with Crippen LogP contribution in [-0.2, 0) is 0 Å². The highest BCUT2D eigenvalue weighted by molar-refractivity contribution is 7.11. The Hall–Kier alpha value is -0.570. The van der Waals surface area contributed by atoms with E-state index in [9.17, 15) is 0 Å². The van der Waals surface area contributed by atoms with Crippen molar-refractivity contribution in [2.45, 2.75) is 31.6 Å². The minimum atomic E-state index is 0.713. The average molecular weight is 183 g/mol. The average Bonchev–Trinajstić information content (AvgIpc) is 2.75. The molecule has 1 aromatic rings. The Balaban J connectivity index is 2.11. The molecule has 0 amide bonds. The molecule has 0 N–H and O–H groups in total. The van der Waals surface area contributed by atoms with Crippen LogP contribution in [0.15, 0.2) is 5.38 Å². The molecule has 0 bridgehead atoms. The molecule has 3 heteroatoms. The van der Waals surface area contributed by atoms with Gasteiger partial charge in [-0.15, -0.1) is 0 Å². The summed E-state index contributed by atoms with van der Waals surface area (Å²) >= 11 is 1.60. The normalized spacial score (nSPS) is 18.4. The summed E-state index contributed by atoms with van der Waals surface area (Å²) < 4.78 is 5.06. The molecule has 1 saturated carbocycles. The largest absolute Gasteiger partial charge is 0.473 e. The second kappa shape index (κ2) is 3.44. The van der Waals surface area contributed by atoms with Gasteiger partial charge in [0, 0.05) is 11.3 Å². The van der Waals surface area contributed by atoms with Crippen LogP contribution in [-0.4, -0.2) is 12.1 Å². The van der Waals surface area contributed by atoms with Gasteiger partial charge in [0.1, 0.15) is 0 Å². The van der Waals surface area contributed by atoms with Crippen LogP contribution in [0.25, 0.3) is 0 Å². The third-order valence-electron chi connectivity index (χ3n) is 2.45. The monoisotopic (exact) mass is 183 g/mol. The zero-order valence-electron chi connectivity index (χ0n) is 7.25. The highest BCUT2D eigenvalue weighted by Crippen LogP contribution is 2.35. The summed E-state index contributed by atoms with van der Waals surface area (Å²) in [6.07, 6.45) is 5.36. The van der Waals surface area contributed by atoms with Gasteiger partial charge >= 0.3 is 0 Å². The van der Waals surface area contributed by atoms with Crippen molar-refractivity contribution in [3.63, 3.8) is 0 Å². The molecule has 2 rings (SSSR count). The summed E-state index contributed by atoms with van der Waals surface area (Å²) in [4.78, 5) is 4.41. The number of hydrogen-bond donors (Lipinski definition) is 0. The van der Waals surface area contributed by atoms with Gasteiger partial charge in [-0.25, -0.2) is 4.98 Å². The van der Waals surface area contributed by atoms with Crippen molar-refractivity contribution in [1.82, 2.24) is 4.98 Å². The molecular formula is C9H13NOS. The Morgan fingerprint density at radius 2 is 2.25 bits per heavy atom. The zero-order chi connectivity index (χ0) is 8.39. The summed E-state index contributed by atoms with van der Waals surface area (Å²) in [5, 5.41) is 2.94. The van der Waals surface area contributed by atoms with Crippen LogP contribution in [0.1, 0.15) is 37.3 Å². The van der Waals surface area contributed by atoms with Gasteiger partial charge in [0.2, 0.25) is 0 Å². The van der Waals surface area contributed by atoms with Gasteiger partial charge in [-0.3, -0.25) is 0 Å². The summed E-state index contributed by atoms with van der Waals surface area (Å²) in [6.45, 7) is 0. The summed E-state index contributed by atoms with van der Waals surface area (Å²) in [6, 6.07) is 0. The molecule has 1 fully saturated rings. The Morgan fingerprint density at radius 1 is 1.50 bits per heavy atom. The predicted octanol–water partition coefficient (Wildman–Crippen LogP) is 2.81. The van der Waals surface area contributed by atoms with Crippen LogP contribution in [0.3, 0.4) is 0 Å². The van der Waals surface area contributed by atoms with Crippen molar-refractivity contribution in [2.75, 3.05) is 7.11 Å². The lowest BCUT2D eigenvalue weighted by atomic mass is 10.1. The molecule has 0 aliphatic heterocycles. The first-order valence-corrected chi connectivity index (χ1v) is 5.27. The fourth-order valence-electron chi connectivity index (χ4n) is 1.77. The SMILES string of the molecule is COc1nc(C2CCCC2)cs1. The molecule has 0 radical (unpaired) electrons. The van der Waals surface area contributed by atoms with E-state index in [1.165, 1.54) is 31.4 Å². The number of hydrogen-bond acceptors (Lipinski definition) is 3. The van der Waals surface area contributed by atoms with Gasteiger partial charge < -0.3 is 4.74 Å². The quantitative estimate of drug-likeness (QED) is 0.703. The maximum Gasteiger partial charge on any atom is 0.273 e. The minimum Gasteiger partial charge on any atom is -0.473 e. The van der Waals surface area contributed by atoms with Gasteiger partial charge in [0.05, 0.1) is 12.8 Å². The van der Waals surface area contributed by atoms with Crippen molar-refractivity contribution >= 4 is 11.3 Å². The maximum atomic E-state index is 5.06. The summed E-state index contributed by atoms with van der Waals surface area (Å²) in [5.41, 5.74) is 1.24. The number of thiazole rings is 1. The van der Waals surface area contributed by atoms with E-state index in [-0.39, 0.29) is 0 Å². The highest BCUT2D eigenvalue weighted by Gasteiger charge is 2.19. The van der Waals surface area contributed by atoms with Crippen LogP contribution in [0.4, 0.5) is 0 Å². The molecular weight excluding hydrogens is 170 g/mol. The predicted molar refractivity (Wildman–Crippen MR) is 49.9 cm³/mol. The Morgan fingerprint density at radius 3 is 2.83 bits per heavy atom. The van der Waals surface area contributed by atoms with Crippen LogP contribution in [0, 0.1) is 0 Å². The molecule has 0 saturated heterocycles. The molecule has 1 aromatic heterocycles. The first kappa shape index (κ1) is 8.05. The van der Waals surface area contributed by atoms with E-state index >= 15 is 0 Å². The highest BCUT2D eigenvalue weighted by atomic mass is 32.1. The molecule has 0 spiro atoms. The maximum absolute atomic E-state index is 5.06. The van der Waals surface area contributed by atoms with E-state index in [4.69, 9.17) is 4.74 Å². The third-order valence-corrected chi connectivity index (χ3v) is 3.27. The molecule has 1 aliphatic carbocycles. The third kappa shape index (κ3) is 1.46. The molecule has 0 atom stereocenters. The zero-order valence-corrected chi connectivity index (χ0v) is 8.06. The van der Waals surface area contributed by atoms with E-state index in [2.05, 4.69) is 10.4 Å². The number of aromatic nitrogens is 1. The lowest BCUT2D eigenvalue weighted by Gasteiger charge is -2.02. The van der Waals surface area contributed by atoms with Crippen LogP contribution < -0.4 is 4.74 Å². The van der Waals surface area contributed by atoms with E-state index in [0.29, 0.717) is 5.92 Å². The van der Waals surface area contributed by atoms with Crippen LogP contribution in [0.5, 0.6) is 5.19 Å². The summed E-state index contributed by atoms with van der Waals surface area (Å²) in [5.74, 6) is 0.713. The molecule has 1 heterocycles. The topological polar surface area (TPSA) is 22.1 Å². The molecule has 0 unspecified atom stereocenters. The Kier molecular flexibility index (Phi) is 2.30. The van der Waals surface area contributed by atoms with E-state index in [1.54, 1.807) is 18.4 Å². The fraction of sp³-hybridized carbons (Fsp3) is 0.667. The van der Waals surface area contributed by atoms with Gasteiger partial charge in [0.15, 0.2) is 0 Å². The molecule has 12 heavy (non-hydrogen) atoms. The van der Waals surface area contributed by atoms with Crippen LogP contribution in [0.2, 0.25) is 0 Å². The smallest absolute Gasteiger partial charge is 0.273 e. The first-order chi connectivity index (χ1) is 5.90. The summed E-state index contributed by atoms with van der Waals surface area (Å²) in [7, 11) is 1.68. The minimum absolute atomic E-state index is 0.713. The second-order valence-electron chi connectivity index (χ2n) is 3.22. The van der Waals surface area contributed by atoms with Gasteiger partial charge in [-0.1, -0.05) is 24.2 Å². The van der Waals surface area contributed by atoms with E-state index < -0.39 is 0 Å². The van der Waals surface area contributed by atoms with Gasteiger partial charge in [-0.2, -0.15) is 0 Å².